The van der Waals surface area contributed by atoms with E-state index < -0.39 is 0 Å². The standard InChI is InChI=1S/C18H17FN2O/c1-21(12-15-9-16(19)5-6-18(15)22)11-14-4-2-3-13-10-20-8-7-17(13)14/h2-10,22H,11-12H2,1H3. The maximum absolute atomic E-state index is 13.3. The molecule has 3 rings (SSSR count). The van der Waals surface area contributed by atoms with Gasteiger partial charge in [-0.25, -0.2) is 4.39 Å². The van der Waals surface area contributed by atoms with Crippen molar-refractivity contribution in [2.45, 2.75) is 13.1 Å². The molecule has 0 atom stereocenters. The second kappa shape index (κ2) is 6.12. The summed E-state index contributed by atoms with van der Waals surface area (Å²) >= 11 is 0. The third kappa shape index (κ3) is 3.07. The van der Waals surface area contributed by atoms with Gasteiger partial charge in [0.15, 0.2) is 0 Å². The Balaban J connectivity index is 1.81. The molecule has 4 heteroatoms. The van der Waals surface area contributed by atoms with Crippen molar-refractivity contribution in [1.29, 1.82) is 0 Å². The summed E-state index contributed by atoms with van der Waals surface area (Å²) in [7, 11) is 1.95. The summed E-state index contributed by atoms with van der Waals surface area (Å²) < 4.78 is 13.3. The predicted molar refractivity (Wildman–Crippen MR) is 85.0 cm³/mol. The van der Waals surface area contributed by atoms with Crippen molar-refractivity contribution in [2.24, 2.45) is 0 Å². The fraction of sp³-hybridized carbons (Fsp3) is 0.167. The molecule has 0 saturated heterocycles. The van der Waals surface area contributed by atoms with Crippen LogP contribution in [0.25, 0.3) is 10.8 Å². The molecule has 0 aliphatic heterocycles. The molecule has 0 amide bonds. The van der Waals surface area contributed by atoms with Gasteiger partial charge in [-0.2, -0.15) is 0 Å². The van der Waals surface area contributed by atoms with Gasteiger partial charge in [0.2, 0.25) is 0 Å². The van der Waals surface area contributed by atoms with E-state index in [0.717, 1.165) is 10.8 Å². The monoisotopic (exact) mass is 296 g/mol. The number of phenols is 1. The molecule has 3 aromatic rings. The maximum atomic E-state index is 13.3. The minimum Gasteiger partial charge on any atom is -0.508 e. The largest absolute Gasteiger partial charge is 0.508 e. The zero-order valence-corrected chi connectivity index (χ0v) is 12.3. The topological polar surface area (TPSA) is 36.4 Å². The van der Waals surface area contributed by atoms with Crippen LogP contribution >= 0.6 is 0 Å². The van der Waals surface area contributed by atoms with Crippen LogP contribution in [0.5, 0.6) is 5.75 Å². The van der Waals surface area contributed by atoms with Crippen molar-refractivity contribution in [3.8, 4) is 5.75 Å². The molecular weight excluding hydrogens is 279 g/mol. The molecule has 112 valence electrons. The molecule has 3 nitrogen and oxygen atoms in total. The summed E-state index contributed by atoms with van der Waals surface area (Å²) in [5.74, 6) is -0.215. The van der Waals surface area contributed by atoms with Crippen molar-refractivity contribution >= 4 is 10.8 Å². The Hall–Kier alpha value is -2.46. The van der Waals surface area contributed by atoms with Crippen LogP contribution in [-0.4, -0.2) is 22.0 Å². The van der Waals surface area contributed by atoms with Crippen molar-refractivity contribution < 1.29 is 9.50 Å². The zero-order valence-electron chi connectivity index (χ0n) is 12.3. The lowest BCUT2D eigenvalue weighted by Crippen LogP contribution is -2.17. The molecule has 0 aliphatic carbocycles. The summed E-state index contributed by atoms with van der Waals surface area (Å²) in [6, 6.07) is 12.1. The van der Waals surface area contributed by atoms with Gasteiger partial charge in [0, 0.05) is 36.4 Å². The van der Waals surface area contributed by atoms with Crippen molar-refractivity contribution in [1.82, 2.24) is 9.88 Å². The lowest BCUT2D eigenvalue weighted by molar-refractivity contribution is 0.313. The molecular formula is C18H17FN2O. The molecule has 0 spiro atoms. The van der Waals surface area contributed by atoms with Gasteiger partial charge in [-0.05, 0) is 42.3 Å². The van der Waals surface area contributed by atoms with E-state index in [1.165, 1.54) is 23.8 Å². The highest BCUT2D eigenvalue weighted by atomic mass is 19.1. The van der Waals surface area contributed by atoms with Gasteiger partial charge >= 0.3 is 0 Å². The Kier molecular flexibility index (Phi) is 4.02. The van der Waals surface area contributed by atoms with E-state index in [-0.39, 0.29) is 11.6 Å². The van der Waals surface area contributed by atoms with Crippen molar-refractivity contribution in [3.05, 3.63) is 71.8 Å². The first-order chi connectivity index (χ1) is 10.6. The number of benzene rings is 2. The quantitative estimate of drug-likeness (QED) is 0.797. The molecule has 0 fully saturated rings. The minimum absolute atomic E-state index is 0.121. The van der Waals surface area contributed by atoms with Crippen LogP contribution in [0.4, 0.5) is 4.39 Å². The summed E-state index contributed by atoms with van der Waals surface area (Å²) in [5, 5.41) is 12.1. The van der Waals surface area contributed by atoms with E-state index in [0.29, 0.717) is 18.7 Å². The Bertz CT molecular complexity index is 799. The molecule has 0 bridgehead atoms. The third-order valence-corrected chi connectivity index (χ3v) is 3.69. The first kappa shape index (κ1) is 14.5. The average Bonchev–Trinajstić information content (AvgIpc) is 2.51. The van der Waals surface area contributed by atoms with Gasteiger partial charge in [-0.1, -0.05) is 18.2 Å². The summed E-state index contributed by atoms with van der Waals surface area (Å²) in [6.45, 7) is 1.18. The van der Waals surface area contributed by atoms with Gasteiger partial charge in [0.05, 0.1) is 0 Å². The number of phenolic OH excluding ortho intramolecular Hbond substituents is 1. The number of rotatable bonds is 4. The molecule has 22 heavy (non-hydrogen) atoms. The molecule has 1 N–H and O–H groups in total. The SMILES string of the molecule is CN(Cc1cc(F)ccc1O)Cc1cccc2cnccc12. The van der Waals surface area contributed by atoms with Gasteiger partial charge in [-0.3, -0.25) is 9.88 Å². The van der Waals surface area contributed by atoms with E-state index in [9.17, 15) is 9.50 Å². The highest BCUT2D eigenvalue weighted by molar-refractivity contribution is 5.84. The van der Waals surface area contributed by atoms with E-state index in [4.69, 9.17) is 0 Å². The summed E-state index contributed by atoms with van der Waals surface area (Å²) in [5.41, 5.74) is 1.77. The Morgan fingerprint density at radius 2 is 1.91 bits per heavy atom. The van der Waals surface area contributed by atoms with E-state index in [1.54, 1.807) is 6.20 Å². The lowest BCUT2D eigenvalue weighted by atomic mass is 10.1. The van der Waals surface area contributed by atoms with Crippen LogP contribution in [0.1, 0.15) is 11.1 Å². The van der Waals surface area contributed by atoms with E-state index >= 15 is 0 Å². The third-order valence-electron chi connectivity index (χ3n) is 3.69. The Morgan fingerprint density at radius 3 is 2.77 bits per heavy atom. The van der Waals surface area contributed by atoms with E-state index in [1.807, 2.05) is 36.3 Å². The number of nitrogens with zero attached hydrogens (tertiary/aromatic N) is 2. The van der Waals surface area contributed by atoms with Gasteiger partial charge in [0.1, 0.15) is 11.6 Å². The Labute approximate surface area is 128 Å². The fourth-order valence-corrected chi connectivity index (χ4v) is 2.65. The first-order valence-electron chi connectivity index (χ1n) is 7.11. The van der Waals surface area contributed by atoms with Crippen LogP contribution < -0.4 is 0 Å². The smallest absolute Gasteiger partial charge is 0.123 e. The number of hydrogen-bond acceptors (Lipinski definition) is 3. The number of hydrogen-bond donors (Lipinski definition) is 1. The van der Waals surface area contributed by atoms with Crippen LogP contribution in [-0.2, 0) is 13.1 Å². The average molecular weight is 296 g/mol. The summed E-state index contributed by atoms with van der Waals surface area (Å²) in [6.07, 6.45) is 3.63. The second-order valence-electron chi connectivity index (χ2n) is 5.46. The molecule has 0 radical (unpaired) electrons. The van der Waals surface area contributed by atoms with Gasteiger partial charge in [-0.15, -0.1) is 0 Å². The number of pyridine rings is 1. The number of fused-ring (bicyclic) bond motifs is 1. The predicted octanol–water partition coefficient (Wildman–Crippen LogP) is 3.71. The van der Waals surface area contributed by atoms with Crippen LogP contribution in [0.15, 0.2) is 54.9 Å². The normalized spacial score (nSPS) is 11.2. The highest BCUT2D eigenvalue weighted by Gasteiger charge is 2.09. The van der Waals surface area contributed by atoms with Crippen molar-refractivity contribution in [3.63, 3.8) is 0 Å². The molecule has 1 aromatic heterocycles. The molecule has 0 saturated carbocycles. The van der Waals surface area contributed by atoms with Crippen LogP contribution in [0.3, 0.4) is 0 Å². The first-order valence-corrected chi connectivity index (χ1v) is 7.11. The van der Waals surface area contributed by atoms with Crippen LogP contribution in [0.2, 0.25) is 0 Å². The fourth-order valence-electron chi connectivity index (χ4n) is 2.65. The molecule has 1 heterocycles. The molecule has 0 aliphatic rings. The Morgan fingerprint density at radius 1 is 1.09 bits per heavy atom. The van der Waals surface area contributed by atoms with Crippen LogP contribution in [0, 0.1) is 5.82 Å². The van der Waals surface area contributed by atoms with E-state index in [2.05, 4.69) is 11.1 Å². The molecule has 2 aromatic carbocycles. The number of aromatic hydroxyl groups is 1. The molecule has 0 unspecified atom stereocenters. The number of aromatic nitrogens is 1. The maximum Gasteiger partial charge on any atom is 0.123 e. The second-order valence-corrected chi connectivity index (χ2v) is 5.46. The minimum atomic E-state index is -0.336. The lowest BCUT2D eigenvalue weighted by Gasteiger charge is -2.18. The number of halogens is 1. The van der Waals surface area contributed by atoms with Gasteiger partial charge < -0.3 is 5.11 Å². The van der Waals surface area contributed by atoms with Gasteiger partial charge in [0.25, 0.3) is 0 Å². The highest BCUT2D eigenvalue weighted by Crippen LogP contribution is 2.22. The van der Waals surface area contributed by atoms with Crippen molar-refractivity contribution in [2.75, 3.05) is 7.05 Å². The zero-order chi connectivity index (χ0) is 15.5. The summed E-state index contributed by atoms with van der Waals surface area (Å²) in [4.78, 5) is 6.18.